The van der Waals surface area contributed by atoms with Gasteiger partial charge < -0.3 is 11.1 Å². The molecule has 5 heteroatoms. The number of nitrogen functional groups attached to an aromatic ring is 1. The first kappa shape index (κ1) is 12.0. The normalized spacial score (nSPS) is 10.1. The number of hydrogen-bond donors (Lipinski definition) is 2. The van der Waals surface area contributed by atoms with Crippen molar-refractivity contribution < 1.29 is 4.79 Å². The lowest BCUT2D eigenvalue weighted by Gasteiger charge is -2.06. The van der Waals surface area contributed by atoms with Crippen molar-refractivity contribution in [3.8, 4) is 0 Å². The molecule has 0 aliphatic carbocycles. The largest absolute Gasteiger partial charge is 0.397 e. The molecular formula is C13H14N4O. The van der Waals surface area contributed by atoms with Crippen LogP contribution in [0.2, 0.25) is 0 Å². The van der Waals surface area contributed by atoms with Crippen molar-refractivity contribution in [2.45, 2.75) is 13.5 Å². The van der Waals surface area contributed by atoms with E-state index in [1.54, 1.807) is 18.3 Å². The summed E-state index contributed by atoms with van der Waals surface area (Å²) in [5.74, 6) is -0.236. The van der Waals surface area contributed by atoms with Crippen LogP contribution in [0.25, 0.3) is 0 Å². The van der Waals surface area contributed by atoms with Crippen molar-refractivity contribution in [1.29, 1.82) is 0 Å². The third kappa shape index (κ3) is 2.82. The Morgan fingerprint density at radius 1 is 1.33 bits per heavy atom. The van der Waals surface area contributed by atoms with Crippen LogP contribution in [0.15, 0.2) is 36.7 Å². The Morgan fingerprint density at radius 2 is 2.17 bits per heavy atom. The molecular weight excluding hydrogens is 228 g/mol. The number of nitrogens with two attached hydrogens (primary N) is 1. The van der Waals surface area contributed by atoms with Gasteiger partial charge in [0, 0.05) is 6.20 Å². The van der Waals surface area contributed by atoms with E-state index in [9.17, 15) is 4.79 Å². The fourth-order valence-electron chi connectivity index (χ4n) is 1.50. The number of aryl methyl sites for hydroxylation is 1. The average Bonchev–Trinajstić information content (AvgIpc) is 2.38. The Balaban J connectivity index is 2.01. The van der Waals surface area contributed by atoms with Gasteiger partial charge in [0.1, 0.15) is 5.69 Å². The Bertz CT molecular complexity index is 551. The van der Waals surface area contributed by atoms with Gasteiger partial charge in [-0.05, 0) is 30.7 Å². The predicted molar refractivity (Wildman–Crippen MR) is 68.8 cm³/mol. The lowest BCUT2D eigenvalue weighted by Crippen LogP contribution is -2.24. The van der Waals surface area contributed by atoms with E-state index in [1.165, 1.54) is 6.20 Å². The molecule has 0 aliphatic heterocycles. The Kier molecular flexibility index (Phi) is 3.52. The van der Waals surface area contributed by atoms with Gasteiger partial charge in [-0.1, -0.05) is 6.07 Å². The third-order valence-corrected chi connectivity index (χ3v) is 2.55. The summed E-state index contributed by atoms with van der Waals surface area (Å²) in [6.07, 6.45) is 3.16. The topological polar surface area (TPSA) is 80.9 Å². The summed E-state index contributed by atoms with van der Waals surface area (Å²) in [7, 11) is 0. The minimum absolute atomic E-state index is 0.236. The molecule has 0 spiro atoms. The number of carbonyl (C=O) groups is 1. The SMILES string of the molecule is Cc1cccnc1CNC(=O)c1ccc(N)cn1. The molecule has 0 atom stereocenters. The first-order chi connectivity index (χ1) is 8.66. The number of pyridine rings is 2. The number of nitrogens with one attached hydrogen (secondary N) is 1. The highest BCUT2D eigenvalue weighted by Gasteiger charge is 2.07. The smallest absolute Gasteiger partial charge is 0.270 e. The second-order valence-electron chi connectivity index (χ2n) is 3.93. The third-order valence-electron chi connectivity index (χ3n) is 2.55. The molecule has 92 valence electrons. The summed E-state index contributed by atoms with van der Waals surface area (Å²) >= 11 is 0. The van der Waals surface area contributed by atoms with Crippen molar-refractivity contribution in [1.82, 2.24) is 15.3 Å². The maximum atomic E-state index is 11.8. The second-order valence-corrected chi connectivity index (χ2v) is 3.93. The Hall–Kier alpha value is -2.43. The van der Waals surface area contributed by atoms with E-state index < -0.39 is 0 Å². The van der Waals surface area contributed by atoms with Crippen molar-refractivity contribution in [2.24, 2.45) is 0 Å². The standard InChI is InChI=1S/C13H14N4O/c1-9-3-2-6-15-12(9)8-17-13(18)11-5-4-10(14)7-16-11/h2-7H,8,14H2,1H3,(H,17,18). The van der Waals surface area contributed by atoms with Gasteiger partial charge in [-0.3, -0.25) is 9.78 Å². The zero-order valence-electron chi connectivity index (χ0n) is 10.1. The van der Waals surface area contributed by atoms with Crippen molar-refractivity contribution in [2.75, 3.05) is 5.73 Å². The van der Waals surface area contributed by atoms with Gasteiger partial charge in [-0.2, -0.15) is 0 Å². The van der Waals surface area contributed by atoms with E-state index in [4.69, 9.17) is 5.73 Å². The molecule has 1 amide bonds. The molecule has 2 aromatic rings. The van der Waals surface area contributed by atoms with Crippen molar-refractivity contribution >= 4 is 11.6 Å². The van der Waals surface area contributed by atoms with Gasteiger partial charge in [0.15, 0.2) is 0 Å². The van der Waals surface area contributed by atoms with Crippen LogP contribution in [0, 0.1) is 6.92 Å². The van der Waals surface area contributed by atoms with Crippen molar-refractivity contribution in [3.63, 3.8) is 0 Å². The number of hydrogen-bond acceptors (Lipinski definition) is 4. The molecule has 0 unspecified atom stereocenters. The fourth-order valence-corrected chi connectivity index (χ4v) is 1.50. The minimum atomic E-state index is -0.236. The van der Waals surface area contributed by atoms with Gasteiger partial charge in [0.05, 0.1) is 24.1 Å². The molecule has 18 heavy (non-hydrogen) atoms. The molecule has 0 saturated carbocycles. The maximum absolute atomic E-state index is 11.8. The molecule has 0 aromatic carbocycles. The van der Waals surface area contributed by atoms with E-state index >= 15 is 0 Å². The van der Waals surface area contributed by atoms with Crippen molar-refractivity contribution in [3.05, 3.63) is 53.6 Å². The Labute approximate surface area is 105 Å². The molecule has 2 rings (SSSR count). The number of amides is 1. The summed E-state index contributed by atoms with van der Waals surface area (Å²) in [5, 5.41) is 2.77. The zero-order valence-corrected chi connectivity index (χ0v) is 10.1. The number of rotatable bonds is 3. The number of carbonyl (C=O) groups excluding carboxylic acids is 1. The number of aromatic nitrogens is 2. The fraction of sp³-hybridized carbons (Fsp3) is 0.154. The molecule has 5 nitrogen and oxygen atoms in total. The number of nitrogens with zero attached hydrogens (tertiary/aromatic N) is 2. The lowest BCUT2D eigenvalue weighted by molar-refractivity contribution is 0.0945. The first-order valence-corrected chi connectivity index (χ1v) is 5.57. The zero-order chi connectivity index (χ0) is 13.0. The van der Waals surface area contributed by atoms with Crippen LogP contribution < -0.4 is 11.1 Å². The summed E-state index contributed by atoms with van der Waals surface area (Å²) in [4.78, 5) is 20.0. The predicted octanol–water partition coefficient (Wildman–Crippen LogP) is 1.30. The molecule has 2 heterocycles. The van der Waals surface area contributed by atoms with Crippen LogP contribution in [0.3, 0.4) is 0 Å². The van der Waals surface area contributed by atoms with Crippen LogP contribution in [0.4, 0.5) is 5.69 Å². The summed E-state index contributed by atoms with van der Waals surface area (Å²) in [6.45, 7) is 2.34. The van der Waals surface area contributed by atoms with E-state index in [0.29, 0.717) is 17.9 Å². The molecule has 0 radical (unpaired) electrons. The molecule has 0 aliphatic rings. The van der Waals surface area contributed by atoms with Gasteiger partial charge in [0.25, 0.3) is 5.91 Å². The van der Waals surface area contributed by atoms with Gasteiger partial charge in [-0.25, -0.2) is 4.98 Å². The minimum Gasteiger partial charge on any atom is -0.397 e. The molecule has 2 aromatic heterocycles. The van der Waals surface area contributed by atoms with E-state index in [2.05, 4.69) is 15.3 Å². The molecule has 0 fully saturated rings. The second kappa shape index (κ2) is 5.27. The summed E-state index contributed by atoms with van der Waals surface area (Å²) in [6, 6.07) is 7.06. The van der Waals surface area contributed by atoms with Crippen LogP contribution in [0.5, 0.6) is 0 Å². The summed E-state index contributed by atoms with van der Waals surface area (Å²) < 4.78 is 0. The van der Waals surface area contributed by atoms with Crippen LogP contribution in [-0.4, -0.2) is 15.9 Å². The van der Waals surface area contributed by atoms with Crippen LogP contribution in [0.1, 0.15) is 21.7 Å². The molecule has 0 saturated heterocycles. The number of anilines is 1. The van der Waals surface area contributed by atoms with E-state index in [-0.39, 0.29) is 5.91 Å². The quantitative estimate of drug-likeness (QED) is 0.850. The van der Waals surface area contributed by atoms with Gasteiger partial charge in [0.2, 0.25) is 0 Å². The molecule has 3 N–H and O–H groups in total. The maximum Gasteiger partial charge on any atom is 0.270 e. The summed E-state index contributed by atoms with van der Waals surface area (Å²) in [5.41, 5.74) is 8.28. The van der Waals surface area contributed by atoms with Crippen LogP contribution in [-0.2, 0) is 6.54 Å². The monoisotopic (exact) mass is 242 g/mol. The van der Waals surface area contributed by atoms with Gasteiger partial charge in [-0.15, -0.1) is 0 Å². The van der Waals surface area contributed by atoms with Gasteiger partial charge >= 0.3 is 0 Å². The highest BCUT2D eigenvalue weighted by molar-refractivity contribution is 5.92. The van der Waals surface area contributed by atoms with Crippen LogP contribution >= 0.6 is 0 Å². The average molecular weight is 242 g/mol. The molecule has 0 bridgehead atoms. The lowest BCUT2D eigenvalue weighted by atomic mass is 10.2. The Morgan fingerprint density at radius 3 is 2.83 bits per heavy atom. The van der Waals surface area contributed by atoms with E-state index in [1.807, 2.05) is 19.1 Å². The first-order valence-electron chi connectivity index (χ1n) is 5.57. The highest BCUT2D eigenvalue weighted by Crippen LogP contribution is 2.04. The van der Waals surface area contributed by atoms with E-state index in [0.717, 1.165) is 11.3 Å². The highest BCUT2D eigenvalue weighted by atomic mass is 16.1.